The van der Waals surface area contributed by atoms with E-state index < -0.39 is 0 Å². The Balaban J connectivity index is 2.37. The van der Waals surface area contributed by atoms with Gasteiger partial charge in [0.25, 0.3) is 5.56 Å². The predicted octanol–water partition coefficient (Wildman–Crippen LogP) is 1.52. The van der Waals surface area contributed by atoms with Crippen LogP contribution in [-0.2, 0) is 0 Å². The van der Waals surface area contributed by atoms with E-state index in [0.29, 0.717) is 15.4 Å². The lowest BCUT2D eigenvalue weighted by atomic mass is 10.3. The van der Waals surface area contributed by atoms with Crippen LogP contribution in [0, 0.1) is 3.57 Å². The highest BCUT2D eigenvalue weighted by Gasteiger charge is 2.05. The van der Waals surface area contributed by atoms with Crippen LogP contribution >= 0.6 is 22.6 Å². The molecule has 0 aromatic carbocycles. The summed E-state index contributed by atoms with van der Waals surface area (Å²) >= 11 is 2.00. The third-order valence-corrected chi connectivity index (χ3v) is 3.66. The van der Waals surface area contributed by atoms with Gasteiger partial charge in [-0.25, -0.2) is 4.98 Å². The van der Waals surface area contributed by atoms with Gasteiger partial charge in [-0.3, -0.25) is 4.79 Å². The minimum atomic E-state index is -0.0950. The van der Waals surface area contributed by atoms with Crippen molar-refractivity contribution in [2.24, 2.45) is 0 Å². The van der Waals surface area contributed by atoms with E-state index in [4.69, 9.17) is 0 Å². The molecule has 17 heavy (non-hydrogen) atoms. The summed E-state index contributed by atoms with van der Waals surface area (Å²) in [7, 11) is 2.11. The lowest BCUT2D eigenvalue weighted by Crippen LogP contribution is -2.28. The molecule has 0 saturated heterocycles. The summed E-state index contributed by atoms with van der Waals surface area (Å²) in [6.45, 7) is 6.21. The summed E-state index contributed by atoms with van der Waals surface area (Å²) in [5, 5.41) is 3.18. The van der Waals surface area contributed by atoms with E-state index >= 15 is 0 Å². The quantitative estimate of drug-likeness (QED) is 0.603. The number of nitrogens with zero attached hydrogens (tertiary/aromatic N) is 2. The zero-order chi connectivity index (χ0) is 12.8. The number of halogens is 1. The van der Waals surface area contributed by atoms with Crippen molar-refractivity contribution < 1.29 is 0 Å². The maximum Gasteiger partial charge on any atom is 0.266 e. The molecule has 96 valence electrons. The Bertz CT molecular complexity index is 405. The highest BCUT2D eigenvalue weighted by atomic mass is 127. The molecule has 0 bridgehead atoms. The van der Waals surface area contributed by atoms with E-state index in [2.05, 4.69) is 41.1 Å². The molecule has 0 aliphatic heterocycles. The zero-order valence-electron chi connectivity index (χ0n) is 10.5. The van der Waals surface area contributed by atoms with Crippen LogP contribution in [0.5, 0.6) is 0 Å². The molecule has 2 N–H and O–H groups in total. The van der Waals surface area contributed by atoms with Gasteiger partial charge in [0.05, 0.1) is 6.33 Å². The summed E-state index contributed by atoms with van der Waals surface area (Å²) in [6.07, 6.45) is 2.45. The number of aromatic amines is 1. The Morgan fingerprint density at radius 1 is 1.59 bits per heavy atom. The zero-order valence-corrected chi connectivity index (χ0v) is 12.6. The van der Waals surface area contributed by atoms with Crippen LogP contribution in [-0.4, -0.2) is 41.0 Å². The summed E-state index contributed by atoms with van der Waals surface area (Å²) in [6, 6.07) is 0.563. The van der Waals surface area contributed by atoms with Gasteiger partial charge >= 0.3 is 0 Å². The fourth-order valence-corrected chi connectivity index (χ4v) is 1.79. The average Bonchev–Trinajstić information content (AvgIpc) is 2.29. The lowest BCUT2D eigenvalue weighted by molar-refractivity contribution is 0.273. The maximum atomic E-state index is 11.3. The van der Waals surface area contributed by atoms with Crippen LogP contribution in [0.3, 0.4) is 0 Å². The fraction of sp³-hybridized carbons (Fsp3) is 0.636. The molecule has 0 aliphatic carbocycles. The van der Waals surface area contributed by atoms with Crippen LogP contribution in [0.4, 0.5) is 5.82 Å². The molecule has 0 amide bonds. The maximum absolute atomic E-state index is 11.3. The molecule has 1 heterocycles. The van der Waals surface area contributed by atoms with Crippen LogP contribution < -0.4 is 10.9 Å². The highest BCUT2D eigenvalue weighted by molar-refractivity contribution is 14.1. The molecule has 0 unspecified atom stereocenters. The summed E-state index contributed by atoms with van der Waals surface area (Å²) in [5.74, 6) is 0.668. The predicted molar refractivity (Wildman–Crippen MR) is 78.4 cm³/mol. The highest BCUT2D eigenvalue weighted by Crippen LogP contribution is 2.08. The van der Waals surface area contributed by atoms with Crippen molar-refractivity contribution in [1.29, 1.82) is 0 Å². The van der Waals surface area contributed by atoms with Crippen LogP contribution in [0.25, 0.3) is 0 Å². The van der Waals surface area contributed by atoms with Crippen LogP contribution in [0.2, 0.25) is 0 Å². The first-order valence-corrected chi connectivity index (χ1v) is 6.77. The third kappa shape index (κ3) is 4.63. The van der Waals surface area contributed by atoms with E-state index in [0.717, 1.165) is 19.5 Å². The minimum Gasteiger partial charge on any atom is -0.369 e. The molecule has 0 spiro atoms. The van der Waals surface area contributed by atoms with E-state index in [1.165, 1.54) is 6.33 Å². The number of H-pyrrole nitrogens is 1. The van der Waals surface area contributed by atoms with E-state index in [1.54, 1.807) is 0 Å². The van der Waals surface area contributed by atoms with Gasteiger partial charge < -0.3 is 15.2 Å². The van der Waals surface area contributed by atoms with Crippen molar-refractivity contribution in [2.75, 3.05) is 25.5 Å². The van der Waals surface area contributed by atoms with Gasteiger partial charge in [0.15, 0.2) is 0 Å². The van der Waals surface area contributed by atoms with Crippen LogP contribution in [0.1, 0.15) is 20.3 Å². The number of nitrogens with one attached hydrogen (secondary N) is 2. The fourth-order valence-electron chi connectivity index (χ4n) is 1.30. The number of hydrogen-bond acceptors (Lipinski definition) is 4. The van der Waals surface area contributed by atoms with Gasteiger partial charge in [0.1, 0.15) is 9.39 Å². The minimum absolute atomic E-state index is 0.0950. The normalized spacial score (nSPS) is 11.2. The van der Waals surface area contributed by atoms with Crippen molar-refractivity contribution in [1.82, 2.24) is 14.9 Å². The van der Waals surface area contributed by atoms with Gasteiger partial charge in [0, 0.05) is 12.6 Å². The van der Waals surface area contributed by atoms with Crippen molar-refractivity contribution in [3.63, 3.8) is 0 Å². The molecule has 1 rings (SSSR count). The molecular formula is C11H19IN4O. The lowest BCUT2D eigenvalue weighted by Gasteiger charge is -2.20. The molecule has 0 fully saturated rings. The second-order valence-electron chi connectivity index (χ2n) is 4.25. The molecule has 5 nitrogen and oxygen atoms in total. The van der Waals surface area contributed by atoms with Gasteiger partial charge in [-0.1, -0.05) is 0 Å². The van der Waals surface area contributed by atoms with E-state index in [1.807, 2.05) is 22.6 Å². The van der Waals surface area contributed by atoms with Crippen molar-refractivity contribution in [3.8, 4) is 0 Å². The SMILES string of the molecule is CC(C)N(C)CCCNc1nc[nH]c(=O)c1I. The van der Waals surface area contributed by atoms with Gasteiger partial charge in [0.2, 0.25) is 0 Å². The molecule has 0 saturated carbocycles. The first-order valence-electron chi connectivity index (χ1n) is 5.69. The molecule has 0 aliphatic rings. The molecule has 6 heteroatoms. The standard InChI is InChI=1S/C11H19IN4O/c1-8(2)16(3)6-4-5-13-10-9(12)11(17)15-7-14-10/h7-8H,4-6H2,1-3H3,(H2,13,14,15,17). The number of anilines is 1. The smallest absolute Gasteiger partial charge is 0.266 e. The Labute approximate surface area is 115 Å². The third-order valence-electron chi connectivity index (χ3n) is 2.66. The topological polar surface area (TPSA) is 61.0 Å². The molecule has 1 aromatic heterocycles. The Kier molecular flexibility index (Phi) is 5.90. The van der Waals surface area contributed by atoms with Gasteiger partial charge in [-0.2, -0.15) is 0 Å². The molecule has 0 atom stereocenters. The van der Waals surface area contributed by atoms with Crippen molar-refractivity contribution in [2.45, 2.75) is 26.3 Å². The molecular weight excluding hydrogens is 331 g/mol. The number of aromatic nitrogens is 2. The Hall–Kier alpha value is -0.630. The van der Waals surface area contributed by atoms with Gasteiger partial charge in [-0.05, 0) is 56.5 Å². The Morgan fingerprint density at radius 3 is 2.94 bits per heavy atom. The summed E-state index contributed by atoms with van der Waals surface area (Å²) in [4.78, 5) is 20.3. The second kappa shape index (κ2) is 6.95. The average molecular weight is 350 g/mol. The monoisotopic (exact) mass is 350 g/mol. The van der Waals surface area contributed by atoms with Gasteiger partial charge in [-0.15, -0.1) is 0 Å². The first-order chi connectivity index (χ1) is 8.02. The van der Waals surface area contributed by atoms with E-state index in [9.17, 15) is 4.79 Å². The number of hydrogen-bond donors (Lipinski definition) is 2. The van der Waals surface area contributed by atoms with Crippen molar-refractivity contribution >= 4 is 28.4 Å². The Morgan fingerprint density at radius 2 is 2.29 bits per heavy atom. The summed E-state index contributed by atoms with van der Waals surface area (Å²) in [5.41, 5.74) is -0.0950. The molecule has 1 aromatic rings. The van der Waals surface area contributed by atoms with Crippen molar-refractivity contribution in [3.05, 3.63) is 20.3 Å². The van der Waals surface area contributed by atoms with Crippen LogP contribution in [0.15, 0.2) is 11.1 Å². The number of rotatable bonds is 6. The second-order valence-corrected chi connectivity index (χ2v) is 5.33. The molecule has 0 radical (unpaired) electrons. The van der Waals surface area contributed by atoms with E-state index in [-0.39, 0.29) is 5.56 Å². The first kappa shape index (κ1) is 14.4. The largest absolute Gasteiger partial charge is 0.369 e. The summed E-state index contributed by atoms with van der Waals surface area (Å²) < 4.78 is 0.613.